The average Bonchev–Trinajstić information content (AvgIpc) is 2.35. The normalized spacial score (nSPS) is 26.1. The van der Waals surface area contributed by atoms with Crippen molar-refractivity contribution in [3.63, 3.8) is 0 Å². The van der Waals surface area contributed by atoms with E-state index in [0.717, 1.165) is 19.4 Å². The molecule has 106 valence electrons. The molecule has 1 aliphatic carbocycles. The van der Waals surface area contributed by atoms with Crippen molar-refractivity contribution >= 4 is 50.7 Å². The lowest BCUT2D eigenvalue weighted by Crippen LogP contribution is -2.52. The lowest BCUT2D eigenvalue weighted by Gasteiger charge is -2.41. The quantitative estimate of drug-likeness (QED) is 0.500. The van der Waals surface area contributed by atoms with Gasteiger partial charge in [-0.25, -0.2) is 0 Å². The number of benzene rings is 1. The summed E-state index contributed by atoms with van der Waals surface area (Å²) in [4.78, 5) is 0.325. The van der Waals surface area contributed by atoms with Crippen LogP contribution >= 0.6 is 50.7 Å². The summed E-state index contributed by atoms with van der Waals surface area (Å²) >= 11 is 21.5. The largest absolute Gasteiger partial charge is 0.486 e. The highest BCUT2D eigenvalue weighted by atomic mass is 79.9. The summed E-state index contributed by atoms with van der Waals surface area (Å²) in [7, 11) is 0. The molecule has 1 saturated carbocycles. The fourth-order valence-electron chi connectivity index (χ4n) is 1.87. The van der Waals surface area contributed by atoms with Crippen molar-refractivity contribution in [2.75, 3.05) is 6.61 Å². The van der Waals surface area contributed by atoms with Crippen LogP contribution in [0.5, 0.6) is 5.75 Å². The van der Waals surface area contributed by atoms with Crippen molar-refractivity contribution in [2.45, 2.75) is 36.8 Å². The molecule has 3 atom stereocenters. The minimum atomic E-state index is -0.00864. The first-order chi connectivity index (χ1) is 9.02. The van der Waals surface area contributed by atoms with Crippen LogP contribution in [-0.2, 0) is 4.74 Å². The smallest absolute Gasteiger partial charge is 0.140 e. The van der Waals surface area contributed by atoms with Crippen LogP contribution in [-0.4, -0.2) is 23.6 Å². The number of halogens is 4. The van der Waals surface area contributed by atoms with Crippen LogP contribution in [0, 0.1) is 0 Å². The van der Waals surface area contributed by atoms with Gasteiger partial charge in [-0.3, -0.25) is 0 Å². The minimum absolute atomic E-state index is 0.00864. The molecule has 0 aliphatic heterocycles. The van der Waals surface area contributed by atoms with E-state index in [9.17, 15) is 0 Å². The molecule has 0 heterocycles. The molecular weight excluding hydrogens is 374 g/mol. The van der Waals surface area contributed by atoms with Crippen molar-refractivity contribution in [3.8, 4) is 5.75 Å². The van der Waals surface area contributed by atoms with Crippen LogP contribution in [0.4, 0.5) is 0 Å². The second-order valence-electron chi connectivity index (χ2n) is 4.44. The molecule has 1 aliphatic rings. The standard InChI is InChI=1S/C13H14BrCl3O2/c1-2-3-18-13-7(14)4-12(13)19-11-6-9(16)8(15)5-10(11)17/h5-7,12-13H,2-4H2,1H3. The summed E-state index contributed by atoms with van der Waals surface area (Å²) in [6.45, 7) is 2.80. The molecule has 1 aromatic carbocycles. The molecule has 1 fully saturated rings. The third kappa shape index (κ3) is 3.70. The first-order valence-electron chi connectivity index (χ1n) is 6.09. The Kier molecular flexibility index (Phi) is 5.67. The summed E-state index contributed by atoms with van der Waals surface area (Å²) in [6, 6.07) is 3.23. The molecule has 2 rings (SSSR count). The van der Waals surface area contributed by atoms with E-state index in [4.69, 9.17) is 44.3 Å². The molecule has 1 aromatic rings. The molecule has 6 heteroatoms. The van der Waals surface area contributed by atoms with Crippen LogP contribution in [0.3, 0.4) is 0 Å². The van der Waals surface area contributed by atoms with Crippen LogP contribution in [0.15, 0.2) is 12.1 Å². The molecule has 0 N–H and O–H groups in total. The van der Waals surface area contributed by atoms with Gasteiger partial charge in [0, 0.05) is 23.9 Å². The summed E-state index contributed by atoms with van der Waals surface area (Å²) in [6.07, 6.45) is 1.90. The van der Waals surface area contributed by atoms with Crippen LogP contribution in [0.1, 0.15) is 19.8 Å². The van der Waals surface area contributed by atoms with Gasteiger partial charge >= 0.3 is 0 Å². The Morgan fingerprint density at radius 3 is 2.53 bits per heavy atom. The Morgan fingerprint density at radius 1 is 1.21 bits per heavy atom. The number of alkyl halides is 1. The lowest BCUT2D eigenvalue weighted by molar-refractivity contribution is -0.0761. The summed E-state index contributed by atoms with van der Waals surface area (Å²) in [5.41, 5.74) is 0. The van der Waals surface area contributed by atoms with Crippen molar-refractivity contribution in [1.29, 1.82) is 0 Å². The predicted molar refractivity (Wildman–Crippen MR) is 83.3 cm³/mol. The monoisotopic (exact) mass is 386 g/mol. The molecule has 3 unspecified atom stereocenters. The highest BCUT2D eigenvalue weighted by Gasteiger charge is 2.42. The van der Waals surface area contributed by atoms with Gasteiger partial charge in [-0.05, 0) is 12.5 Å². The van der Waals surface area contributed by atoms with Crippen molar-refractivity contribution in [2.24, 2.45) is 0 Å². The Labute approximate surface area is 136 Å². The molecule has 0 bridgehead atoms. The summed E-state index contributed by atoms with van der Waals surface area (Å²) in [5, 5.41) is 1.31. The van der Waals surface area contributed by atoms with E-state index in [0.29, 0.717) is 25.6 Å². The fourth-order valence-corrected chi connectivity index (χ4v) is 3.31. The minimum Gasteiger partial charge on any atom is -0.486 e. The summed E-state index contributed by atoms with van der Waals surface area (Å²) in [5.74, 6) is 0.547. The molecule has 19 heavy (non-hydrogen) atoms. The molecule has 2 nitrogen and oxygen atoms in total. The molecule has 0 amide bonds. The molecular formula is C13H14BrCl3O2. The third-order valence-corrected chi connectivity index (χ3v) is 4.86. The first kappa shape index (κ1) is 15.7. The Hall–Kier alpha value is 0.330. The van der Waals surface area contributed by atoms with Gasteiger partial charge < -0.3 is 9.47 Å². The van der Waals surface area contributed by atoms with Crippen LogP contribution in [0.25, 0.3) is 0 Å². The SMILES string of the molecule is CCCOC1C(Br)CC1Oc1cc(Cl)c(Cl)cc1Cl. The Morgan fingerprint density at radius 2 is 1.89 bits per heavy atom. The number of rotatable bonds is 5. The van der Waals surface area contributed by atoms with E-state index >= 15 is 0 Å². The second-order valence-corrected chi connectivity index (χ2v) is 6.84. The van der Waals surface area contributed by atoms with Gasteiger partial charge in [0.1, 0.15) is 18.0 Å². The van der Waals surface area contributed by atoms with Gasteiger partial charge in [0.2, 0.25) is 0 Å². The molecule has 0 saturated heterocycles. The van der Waals surface area contributed by atoms with Crippen LogP contribution < -0.4 is 4.74 Å². The highest BCUT2D eigenvalue weighted by Crippen LogP contribution is 2.39. The zero-order valence-corrected chi connectivity index (χ0v) is 14.2. The topological polar surface area (TPSA) is 18.5 Å². The number of hydrogen-bond acceptors (Lipinski definition) is 2. The van der Waals surface area contributed by atoms with Crippen molar-refractivity contribution < 1.29 is 9.47 Å². The van der Waals surface area contributed by atoms with Gasteiger partial charge in [0.25, 0.3) is 0 Å². The maximum absolute atomic E-state index is 6.09. The van der Waals surface area contributed by atoms with Gasteiger partial charge in [-0.2, -0.15) is 0 Å². The second kappa shape index (κ2) is 6.86. The molecule has 0 aromatic heterocycles. The zero-order chi connectivity index (χ0) is 14.0. The predicted octanol–water partition coefficient (Wildman–Crippen LogP) is 5.36. The van der Waals surface area contributed by atoms with Gasteiger partial charge in [0.05, 0.1) is 15.1 Å². The van der Waals surface area contributed by atoms with E-state index in [1.54, 1.807) is 12.1 Å². The van der Waals surface area contributed by atoms with Gasteiger partial charge in [-0.1, -0.05) is 57.7 Å². The van der Waals surface area contributed by atoms with Gasteiger partial charge in [-0.15, -0.1) is 0 Å². The van der Waals surface area contributed by atoms with E-state index in [2.05, 4.69) is 22.9 Å². The third-order valence-electron chi connectivity index (χ3n) is 2.95. The first-order valence-corrected chi connectivity index (χ1v) is 8.14. The van der Waals surface area contributed by atoms with Crippen molar-refractivity contribution in [3.05, 3.63) is 27.2 Å². The number of ether oxygens (including phenoxy) is 2. The molecule has 0 radical (unpaired) electrons. The lowest BCUT2D eigenvalue weighted by atomic mass is 9.91. The van der Waals surface area contributed by atoms with Crippen LogP contribution in [0.2, 0.25) is 15.1 Å². The maximum atomic E-state index is 6.09. The number of hydrogen-bond donors (Lipinski definition) is 0. The molecule has 0 spiro atoms. The van der Waals surface area contributed by atoms with Gasteiger partial charge in [0.15, 0.2) is 0 Å². The van der Waals surface area contributed by atoms with E-state index < -0.39 is 0 Å². The Balaban J connectivity index is 2.03. The highest BCUT2D eigenvalue weighted by molar-refractivity contribution is 9.09. The van der Waals surface area contributed by atoms with E-state index in [1.165, 1.54) is 0 Å². The fraction of sp³-hybridized carbons (Fsp3) is 0.538. The maximum Gasteiger partial charge on any atom is 0.140 e. The summed E-state index contributed by atoms with van der Waals surface area (Å²) < 4.78 is 11.6. The average molecular weight is 389 g/mol. The van der Waals surface area contributed by atoms with Crippen molar-refractivity contribution in [1.82, 2.24) is 0 Å². The zero-order valence-electron chi connectivity index (χ0n) is 10.3. The Bertz CT molecular complexity index is 456. The van der Waals surface area contributed by atoms with E-state index in [-0.39, 0.29) is 12.2 Å². The van der Waals surface area contributed by atoms with E-state index in [1.807, 2.05) is 0 Å².